The summed E-state index contributed by atoms with van der Waals surface area (Å²) in [6.07, 6.45) is 3.42. The van der Waals surface area contributed by atoms with E-state index in [0.717, 1.165) is 18.4 Å². The van der Waals surface area contributed by atoms with Crippen LogP contribution < -0.4 is 10.9 Å². The minimum Gasteiger partial charge on any atom is -0.345 e. The van der Waals surface area contributed by atoms with Gasteiger partial charge in [0.15, 0.2) is 0 Å². The molecule has 0 aliphatic rings. The maximum absolute atomic E-state index is 12.5. The fourth-order valence-corrected chi connectivity index (χ4v) is 2.57. The summed E-state index contributed by atoms with van der Waals surface area (Å²) in [5, 5.41) is 3.71. The van der Waals surface area contributed by atoms with E-state index in [4.69, 9.17) is 11.6 Å². The second-order valence-electron chi connectivity index (χ2n) is 6.41. The normalized spacial score (nSPS) is 12.2. The smallest absolute Gasteiger partial charge is 0.252 e. The molecule has 1 unspecified atom stereocenters. The van der Waals surface area contributed by atoms with Crippen LogP contribution in [0, 0.1) is 5.92 Å². The van der Waals surface area contributed by atoms with Crippen LogP contribution in [0.25, 0.3) is 0 Å². The Morgan fingerprint density at radius 1 is 1.17 bits per heavy atom. The molecule has 0 saturated heterocycles. The number of carbonyl (C=O) groups excluding carboxylic acids is 1. The van der Waals surface area contributed by atoms with Crippen molar-refractivity contribution in [2.45, 2.75) is 32.7 Å². The van der Waals surface area contributed by atoms with E-state index in [0.29, 0.717) is 16.5 Å². The number of hydrogen-bond donors (Lipinski definition) is 1. The number of amides is 1. The van der Waals surface area contributed by atoms with Gasteiger partial charge in [0, 0.05) is 29.9 Å². The fraction of sp³-hybridized carbons (Fsp3) is 0.368. The fourth-order valence-electron chi connectivity index (χ4n) is 2.45. The number of aromatic nitrogens is 1. The first kappa shape index (κ1) is 18.3. The van der Waals surface area contributed by atoms with Gasteiger partial charge in [-0.3, -0.25) is 9.59 Å². The van der Waals surface area contributed by atoms with E-state index in [2.05, 4.69) is 19.2 Å². The van der Waals surface area contributed by atoms with Crippen LogP contribution >= 0.6 is 11.6 Å². The van der Waals surface area contributed by atoms with E-state index in [-0.39, 0.29) is 17.5 Å². The molecule has 24 heavy (non-hydrogen) atoms. The lowest BCUT2D eigenvalue weighted by Gasteiger charge is -2.20. The number of pyridine rings is 1. The minimum absolute atomic E-state index is 0.110. The van der Waals surface area contributed by atoms with Crippen molar-refractivity contribution in [1.29, 1.82) is 0 Å². The van der Waals surface area contributed by atoms with E-state index >= 15 is 0 Å². The summed E-state index contributed by atoms with van der Waals surface area (Å²) in [6, 6.07) is 10.4. The van der Waals surface area contributed by atoms with E-state index in [1.807, 2.05) is 24.3 Å². The number of benzene rings is 1. The molecule has 0 saturated carbocycles. The second-order valence-corrected chi connectivity index (χ2v) is 6.85. The Hall–Kier alpha value is -2.07. The molecule has 0 spiro atoms. The molecule has 2 aromatic rings. The van der Waals surface area contributed by atoms with E-state index in [1.165, 1.54) is 10.6 Å². The van der Waals surface area contributed by atoms with Crippen LogP contribution in [0.1, 0.15) is 48.7 Å². The predicted octanol–water partition coefficient (Wildman–Crippen LogP) is 3.95. The van der Waals surface area contributed by atoms with Crippen LogP contribution in [-0.2, 0) is 7.05 Å². The first-order valence-corrected chi connectivity index (χ1v) is 8.47. The van der Waals surface area contributed by atoms with Gasteiger partial charge >= 0.3 is 0 Å². The van der Waals surface area contributed by atoms with Crippen molar-refractivity contribution >= 4 is 17.5 Å². The topological polar surface area (TPSA) is 51.1 Å². The zero-order valence-corrected chi connectivity index (χ0v) is 15.0. The maximum atomic E-state index is 12.5. The van der Waals surface area contributed by atoms with Crippen molar-refractivity contribution in [3.8, 4) is 0 Å². The molecule has 2 rings (SSSR count). The molecule has 1 heterocycles. The van der Waals surface area contributed by atoms with Gasteiger partial charge in [-0.1, -0.05) is 37.6 Å². The lowest BCUT2D eigenvalue weighted by Crippen LogP contribution is -2.30. The van der Waals surface area contributed by atoms with E-state index in [1.54, 1.807) is 19.3 Å². The lowest BCUT2D eigenvalue weighted by molar-refractivity contribution is 0.0933. The van der Waals surface area contributed by atoms with Crippen molar-refractivity contribution in [2.75, 3.05) is 0 Å². The number of aryl methyl sites for hydroxylation is 1. The number of carbonyl (C=O) groups is 1. The van der Waals surface area contributed by atoms with Crippen LogP contribution in [0.15, 0.2) is 47.4 Å². The highest BCUT2D eigenvalue weighted by molar-refractivity contribution is 6.30. The SMILES string of the molecule is CC(C)CCC(NC(=O)c1ccn(C)c(=O)c1)c1ccc(Cl)cc1. The van der Waals surface area contributed by atoms with Gasteiger partial charge in [0.1, 0.15) is 0 Å². The molecule has 0 aliphatic heterocycles. The average molecular weight is 347 g/mol. The molecule has 1 aromatic carbocycles. The highest BCUT2D eigenvalue weighted by atomic mass is 35.5. The number of nitrogens with zero attached hydrogens (tertiary/aromatic N) is 1. The van der Waals surface area contributed by atoms with Gasteiger partial charge in [-0.05, 0) is 42.5 Å². The summed E-state index contributed by atoms with van der Waals surface area (Å²) >= 11 is 5.95. The number of rotatable bonds is 6. The second kappa shape index (κ2) is 8.15. The van der Waals surface area contributed by atoms with Crippen LogP contribution in [0.5, 0.6) is 0 Å². The molecular weight excluding hydrogens is 324 g/mol. The van der Waals surface area contributed by atoms with Crippen molar-refractivity contribution in [1.82, 2.24) is 9.88 Å². The van der Waals surface area contributed by atoms with Crippen molar-refractivity contribution in [3.05, 3.63) is 69.1 Å². The molecule has 0 aliphatic carbocycles. The van der Waals surface area contributed by atoms with Crippen molar-refractivity contribution < 1.29 is 4.79 Å². The Morgan fingerprint density at radius 2 is 1.83 bits per heavy atom. The molecule has 0 radical (unpaired) electrons. The Labute approximate surface area is 147 Å². The molecule has 1 amide bonds. The Bertz CT molecular complexity index is 751. The molecular formula is C19H23ClN2O2. The van der Waals surface area contributed by atoms with Crippen LogP contribution in [0.2, 0.25) is 5.02 Å². The quantitative estimate of drug-likeness (QED) is 0.861. The summed E-state index contributed by atoms with van der Waals surface area (Å²) < 4.78 is 1.44. The van der Waals surface area contributed by atoms with Gasteiger partial charge in [-0.15, -0.1) is 0 Å². The highest BCUT2D eigenvalue weighted by Gasteiger charge is 2.17. The van der Waals surface area contributed by atoms with Crippen molar-refractivity contribution in [3.63, 3.8) is 0 Å². The molecule has 4 nitrogen and oxygen atoms in total. The number of nitrogens with one attached hydrogen (secondary N) is 1. The molecule has 128 valence electrons. The Kier molecular flexibility index (Phi) is 6.21. The van der Waals surface area contributed by atoms with Crippen LogP contribution in [0.3, 0.4) is 0 Å². The highest BCUT2D eigenvalue weighted by Crippen LogP contribution is 2.23. The van der Waals surface area contributed by atoms with Crippen LogP contribution in [0.4, 0.5) is 0 Å². The third-order valence-corrected chi connectivity index (χ3v) is 4.23. The predicted molar refractivity (Wildman–Crippen MR) is 97.4 cm³/mol. The van der Waals surface area contributed by atoms with Gasteiger partial charge in [-0.2, -0.15) is 0 Å². The van der Waals surface area contributed by atoms with Gasteiger partial charge in [0.2, 0.25) is 0 Å². The third-order valence-electron chi connectivity index (χ3n) is 3.98. The minimum atomic E-state index is -0.239. The van der Waals surface area contributed by atoms with Gasteiger partial charge < -0.3 is 9.88 Å². The Morgan fingerprint density at radius 3 is 2.42 bits per heavy atom. The van der Waals surface area contributed by atoms with Crippen molar-refractivity contribution in [2.24, 2.45) is 13.0 Å². The average Bonchev–Trinajstić information content (AvgIpc) is 2.54. The summed E-state index contributed by atoms with van der Waals surface area (Å²) in [5.41, 5.74) is 1.19. The maximum Gasteiger partial charge on any atom is 0.252 e. The summed E-state index contributed by atoms with van der Waals surface area (Å²) in [5.74, 6) is 0.303. The van der Waals surface area contributed by atoms with Gasteiger partial charge in [0.25, 0.3) is 11.5 Å². The number of hydrogen-bond acceptors (Lipinski definition) is 2. The zero-order chi connectivity index (χ0) is 17.7. The lowest BCUT2D eigenvalue weighted by atomic mass is 9.97. The van der Waals surface area contributed by atoms with E-state index in [9.17, 15) is 9.59 Å². The molecule has 1 atom stereocenters. The summed E-state index contributed by atoms with van der Waals surface area (Å²) in [6.45, 7) is 4.31. The molecule has 0 fully saturated rings. The van der Waals surface area contributed by atoms with Gasteiger partial charge in [0.05, 0.1) is 6.04 Å². The Balaban J connectivity index is 2.20. The molecule has 1 N–H and O–H groups in total. The first-order chi connectivity index (χ1) is 11.4. The molecule has 0 bridgehead atoms. The summed E-state index contributed by atoms with van der Waals surface area (Å²) in [4.78, 5) is 24.2. The number of halogens is 1. The molecule has 1 aromatic heterocycles. The summed E-state index contributed by atoms with van der Waals surface area (Å²) in [7, 11) is 1.66. The third kappa shape index (κ3) is 4.96. The molecule has 5 heteroatoms. The van der Waals surface area contributed by atoms with Crippen LogP contribution in [-0.4, -0.2) is 10.5 Å². The van der Waals surface area contributed by atoms with E-state index < -0.39 is 0 Å². The largest absolute Gasteiger partial charge is 0.345 e. The first-order valence-electron chi connectivity index (χ1n) is 8.10. The zero-order valence-electron chi connectivity index (χ0n) is 14.3. The monoisotopic (exact) mass is 346 g/mol. The standard InChI is InChI=1S/C19H23ClN2O2/c1-13(2)4-9-17(14-5-7-16(20)8-6-14)21-19(24)15-10-11-22(3)18(23)12-15/h5-8,10-13,17H,4,9H2,1-3H3,(H,21,24). The van der Waals surface area contributed by atoms with Gasteiger partial charge in [-0.25, -0.2) is 0 Å².